The lowest BCUT2D eigenvalue weighted by Gasteiger charge is -2.19. The molecule has 0 heterocycles. The standard InChI is InChI=1S/C7H16N2O5S/c1-5(2)6(4-10)8-15(12,13)9-7(11)14-3/h5-6,8,10H,4H2,1-3H3,(H,9,11). The molecule has 0 bridgehead atoms. The number of hydrogen-bond donors (Lipinski definition) is 3. The maximum absolute atomic E-state index is 11.2. The van der Waals surface area contributed by atoms with Crippen LogP contribution >= 0.6 is 0 Å². The van der Waals surface area contributed by atoms with Gasteiger partial charge in [0, 0.05) is 6.04 Å². The van der Waals surface area contributed by atoms with E-state index in [0.717, 1.165) is 7.11 Å². The van der Waals surface area contributed by atoms with Crippen molar-refractivity contribution in [1.82, 2.24) is 9.44 Å². The van der Waals surface area contributed by atoms with E-state index in [1.807, 2.05) is 0 Å². The monoisotopic (exact) mass is 240 g/mol. The highest BCUT2D eigenvalue weighted by Crippen LogP contribution is 2.01. The summed E-state index contributed by atoms with van der Waals surface area (Å²) in [5, 5.41) is 8.88. The van der Waals surface area contributed by atoms with Gasteiger partial charge in [-0.2, -0.15) is 13.1 Å². The molecule has 0 aromatic heterocycles. The smallest absolute Gasteiger partial charge is 0.421 e. The number of aliphatic hydroxyl groups excluding tert-OH is 1. The van der Waals surface area contributed by atoms with E-state index in [9.17, 15) is 13.2 Å². The topological polar surface area (TPSA) is 105 Å². The first-order valence-electron chi connectivity index (χ1n) is 4.31. The first-order valence-corrected chi connectivity index (χ1v) is 5.79. The molecule has 0 aliphatic carbocycles. The van der Waals surface area contributed by atoms with Crippen molar-refractivity contribution in [3.05, 3.63) is 0 Å². The van der Waals surface area contributed by atoms with Crippen molar-refractivity contribution in [3.8, 4) is 0 Å². The minimum atomic E-state index is -3.98. The van der Waals surface area contributed by atoms with Crippen LogP contribution in [0.15, 0.2) is 0 Å². The fraction of sp³-hybridized carbons (Fsp3) is 0.857. The molecule has 0 aliphatic heterocycles. The van der Waals surface area contributed by atoms with Crippen molar-refractivity contribution in [3.63, 3.8) is 0 Å². The lowest BCUT2D eigenvalue weighted by atomic mass is 10.1. The van der Waals surface area contributed by atoms with E-state index in [4.69, 9.17) is 5.11 Å². The van der Waals surface area contributed by atoms with Gasteiger partial charge in [-0.3, -0.25) is 0 Å². The molecule has 0 aliphatic rings. The number of ether oxygens (including phenoxy) is 1. The SMILES string of the molecule is COC(=O)NS(=O)(=O)NC(CO)C(C)C. The first kappa shape index (κ1) is 14.1. The van der Waals surface area contributed by atoms with Gasteiger partial charge < -0.3 is 9.84 Å². The molecule has 0 saturated carbocycles. The van der Waals surface area contributed by atoms with Gasteiger partial charge in [0.2, 0.25) is 0 Å². The van der Waals surface area contributed by atoms with E-state index in [-0.39, 0.29) is 12.5 Å². The number of hydrogen-bond acceptors (Lipinski definition) is 5. The van der Waals surface area contributed by atoms with Crippen LogP contribution in [-0.4, -0.2) is 39.4 Å². The molecule has 8 heteroatoms. The van der Waals surface area contributed by atoms with E-state index in [2.05, 4.69) is 9.46 Å². The zero-order valence-corrected chi connectivity index (χ0v) is 9.67. The molecular weight excluding hydrogens is 224 g/mol. The van der Waals surface area contributed by atoms with Crippen LogP contribution in [0.25, 0.3) is 0 Å². The predicted octanol–water partition coefficient (Wildman–Crippen LogP) is -0.806. The van der Waals surface area contributed by atoms with Crippen molar-refractivity contribution in [2.24, 2.45) is 5.92 Å². The van der Waals surface area contributed by atoms with Gasteiger partial charge >= 0.3 is 16.3 Å². The Labute approximate surface area is 89.0 Å². The van der Waals surface area contributed by atoms with E-state index in [0.29, 0.717) is 0 Å². The second-order valence-electron chi connectivity index (χ2n) is 3.25. The van der Waals surface area contributed by atoms with E-state index >= 15 is 0 Å². The summed E-state index contributed by atoms with van der Waals surface area (Å²) in [4.78, 5) is 10.7. The Morgan fingerprint density at radius 2 is 2.00 bits per heavy atom. The minimum Gasteiger partial charge on any atom is -0.452 e. The molecular formula is C7H16N2O5S. The largest absolute Gasteiger partial charge is 0.452 e. The number of aliphatic hydroxyl groups is 1. The summed E-state index contributed by atoms with van der Waals surface area (Å²) in [5.41, 5.74) is 0. The Bertz CT molecular complexity index is 301. The number of carbonyl (C=O) groups excluding carboxylic acids is 1. The molecule has 7 nitrogen and oxygen atoms in total. The highest BCUT2D eigenvalue weighted by molar-refractivity contribution is 7.88. The predicted molar refractivity (Wildman–Crippen MR) is 53.3 cm³/mol. The molecule has 3 N–H and O–H groups in total. The Morgan fingerprint density at radius 3 is 2.33 bits per heavy atom. The maximum Gasteiger partial charge on any atom is 0.421 e. The molecule has 1 atom stereocenters. The van der Waals surface area contributed by atoms with Gasteiger partial charge in [-0.25, -0.2) is 9.52 Å². The lowest BCUT2D eigenvalue weighted by molar-refractivity contribution is 0.177. The van der Waals surface area contributed by atoms with Crippen molar-refractivity contribution < 1.29 is 23.1 Å². The summed E-state index contributed by atoms with van der Waals surface area (Å²) < 4.78 is 30.3. The summed E-state index contributed by atoms with van der Waals surface area (Å²) in [7, 11) is -2.93. The summed E-state index contributed by atoms with van der Waals surface area (Å²) in [5.74, 6) is -0.0933. The molecule has 90 valence electrons. The molecule has 0 aromatic rings. The van der Waals surface area contributed by atoms with Gasteiger partial charge in [-0.05, 0) is 5.92 Å². The molecule has 0 radical (unpaired) electrons. The fourth-order valence-electron chi connectivity index (χ4n) is 0.764. The van der Waals surface area contributed by atoms with E-state index in [1.54, 1.807) is 18.6 Å². The van der Waals surface area contributed by atoms with Crippen molar-refractivity contribution >= 4 is 16.3 Å². The van der Waals surface area contributed by atoms with Crippen molar-refractivity contribution in [2.75, 3.05) is 13.7 Å². The second-order valence-corrected chi connectivity index (χ2v) is 4.69. The summed E-state index contributed by atoms with van der Waals surface area (Å²) in [6.45, 7) is 3.13. The van der Waals surface area contributed by atoms with Crippen LogP contribution in [0.4, 0.5) is 4.79 Å². The highest BCUT2D eigenvalue weighted by atomic mass is 32.2. The van der Waals surface area contributed by atoms with Crippen LogP contribution in [0, 0.1) is 5.92 Å². The third kappa shape index (κ3) is 5.55. The van der Waals surface area contributed by atoms with Gasteiger partial charge in [0.05, 0.1) is 13.7 Å². The Morgan fingerprint density at radius 1 is 1.47 bits per heavy atom. The summed E-state index contributed by atoms with van der Waals surface area (Å²) in [6.07, 6.45) is -1.08. The molecule has 0 fully saturated rings. The molecule has 15 heavy (non-hydrogen) atoms. The fourth-order valence-corrected chi connectivity index (χ4v) is 1.87. The Balaban J connectivity index is 4.42. The number of amides is 1. The third-order valence-electron chi connectivity index (χ3n) is 1.71. The van der Waals surface area contributed by atoms with Gasteiger partial charge in [0.25, 0.3) is 0 Å². The second kappa shape index (κ2) is 5.89. The average molecular weight is 240 g/mol. The Kier molecular flexibility index (Phi) is 5.55. The lowest BCUT2D eigenvalue weighted by Crippen LogP contribution is -2.48. The first-order chi connectivity index (χ1) is 6.82. The molecule has 0 spiro atoms. The molecule has 1 unspecified atom stereocenters. The average Bonchev–Trinajstić information content (AvgIpc) is 2.13. The van der Waals surface area contributed by atoms with Crippen LogP contribution in [0.2, 0.25) is 0 Å². The highest BCUT2D eigenvalue weighted by Gasteiger charge is 2.21. The van der Waals surface area contributed by atoms with Gasteiger partial charge in [-0.1, -0.05) is 13.8 Å². The van der Waals surface area contributed by atoms with Crippen molar-refractivity contribution in [2.45, 2.75) is 19.9 Å². The van der Waals surface area contributed by atoms with Crippen LogP contribution in [-0.2, 0) is 14.9 Å². The van der Waals surface area contributed by atoms with Gasteiger partial charge in [0.15, 0.2) is 0 Å². The third-order valence-corrected chi connectivity index (χ3v) is 2.76. The minimum absolute atomic E-state index is 0.0933. The molecule has 1 amide bonds. The van der Waals surface area contributed by atoms with Gasteiger partial charge in [0.1, 0.15) is 0 Å². The molecule has 0 rings (SSSR count). The van der Waals surface area contributed by atoms with Crippen LogP contribution in [0.3, 0.4) is 0 Å². The quantitative estimate of drug-likeness (QED) is 0.583. The van der Waals surface area contributed by atoms with Crippen LogP contribution < -0.4 is 9.44 Å². The zero-order chi connectivity index (χ0) is 12.1. The zero-order valence-electron chi connectivity index (χ0n) is 8.85. The Hall–Kier alpha value is -0.860. The van der Waals surface area contributed by atoms with Crippen LogP contribution in [0.1, 0.15) is 13.8 Å². The number of methoxy groups -OCH3 is 1. The summed E-state index contributed by atoms with van der Waals surface area (Å²) >= 11 is 0. The summed E-state index contributed by atoms with van der Waals surface area (Å²) in [6, 6.07) is -0.646. The number of nitrogens with one attached hydrogen (secondary N) is 2. The van der Waals surface area contributed by atoms with Crippen LogP contribution in [0.5, 0.6) is 0 Å². The number of carbonyl (C=O) groups is 1. The van der Waals surface area contributed by atoms with E-state index < -0.39 is 22.3 Å². The van der Waals surface area contributed by atoms with Gasteiger partial charge in [-0.15, -0.1) is 0 Å². The number of rotatable bonds is 5. The van der Waals surface area contributed by atoms with E-state index in [1.165, 1.54) is 0 Å². The maximum atomic E-state index is 11.2. The van der Waals surface area contributed by atoms with Crippen molar-refractivity contribution in [1.29, 1.82) is 0 Å². The molecule has 0 aromatic carbocycles. The molecule has 0 saturated heterocycles. The normalized spacial score (nSPS) is 13.7.